The Morgan fingerprint density at radius 2 is 2.21 bits per heavy atom. The number of aromatic carboxylic acids is 1. The lowest BCUT2D eigenvalue weighted by Crippen LogP contribution is -2.00. The van der Waals surface area contributed by atoms with Crippen LogP contribution in [0.25, 0.3) is 0 Å². The number of aromatic nitrogens is 1. The normalized spacial score (nSPS) is 10.7. The molecule has 6 heteroatoms. The zero-order valence-corrected chi connectivity index (χ0v) is 12.1. The lowest BCUT2D eigenvalue weighted by Gasteiger charge is -2.02. The zero-order chi connectivity index (χ0) is 14.0. The summed E-state index contributed by atoms with van der Waals surface area (Å²) in [4.78, 5) is 17.2. The van der Waals surface area contributed by atoms with Gasteiger partial charge >= 0.3 is 5.97 Å². The van der Waals surface area contributed by atoms with Crippen LogP contribution in [-0.2, 0) is 5.75 Å². The first-order chi connectivity index (χ1) is 8.97. The number of carboxylic acid groups (broad SMARTS) is 1. The van der Waals surface area contributed by atoms with Gasteiger partial charge in [0, 0.05) is 9.77 Å². The molecule has 3 nitrogen and oxygen atoms in total. The van der Waals surface area contributed by atoms with Crippen LogP contribution < -0.4 is 0 Å². The molecule has 0 saturated carbocycles. The van der Waals surface area contributed by atoms with Crippen molar-refractivity contribution in [1.29, 1.82) is 0 Å². The fourth-order valence-electron chi connectivity index (χ4n) is 1.50. The van der Waals surface area contributed by atoms with Crippen molar-refractivity contribution in [3.8, 4) is 0 Å². The molecule has 0 fully saturated rings. The number of thioether (sulfide) groups is 1. The molecule has 0 spiro atoms. The monoisotopic (exact) mass is 297 g/mol. The smallest absolute Gasteiger partial charge is 0.338 e. The fourth-order valence-corrected chi connectivity index (χ4v) is 3.37. The van der Waals surface area contributed by atoms with E-state index < -0.39 is 11.8 Å². The third-order valence-corrected chi connectivity index (χ3v) is 4.86. The molecule has 0 aliphatic heterocycles. The van der Waals surface area contributed by atoms with Crippen LogP contribution in [0.4, 0.5) is 4.39 Å². The molecule has 100 valence electrons. The van der Waals surface area contributed by atoms with Crippen LogP contribution in [0.5, 0.6) is 0 Å². The van der Waals surface area contributed by atoms with E-state index in [-0.39, 0.29) is 5.56 Å². The minimum atomic E-state index is -1.25. The molecule has 0 radical (unpaired) electrons. The van der Waals surface area contributed by atoms with Gasteiger partial charge in [-0.1, -0.05) is 0 Å². The number of aryl methyl sites for hydroxylation is 2. The summed E-state index contributed by atoms with van der Waals surface area (Å²) in [5, 5.41) is 9.84. The van der Waals surface area contributed by atoms with E-state index >= 15 is 0 Å². The molecule has 1 aromatic carbocycles. The predicted molar refractivity (Wildman–Crippen MR) is 74.5 cm³/mol. The number of benzene rings is 1. The first kappa shape index (κ1) is 14.0. The first-order valence-corrected chi connectivity index (χ1v) is 7.36. The number of carboxylic acids is 1. The molecule has 0 unspecified atom stereocenters. The topological polar surface area (TPSA) is 50.2 Å². The Hall–Kier alpha value is -1.40. The molecular formula is C13H12FNO2S2. The van der Waals surface area contributed by atoms with Gasteiger partial charge in [0.25, 0.3) is 0 Å². The van der Waals surface area contributed by atoms with Crippen LogP contribution >= 0.6 is 23.1 Å². The average Bonchev–Trinajstić information content (AvgIpc) is 2.67. The molecule has 0 amide bonds. The molecule has 1 aromatic heterocycles. The van der Waals surface area contributed by atoms with E-state index in [1.165, 1.54) is 28.8 Å². The van der Waals surface area contributed by atoms with E-state index in [9.17, 15) is 9.18 Å². The Labute approximate surface area is 118 Å². The van der Waals surface area contributed by atoms with Crippen LogP contribution in [0.1, 0.15) is 25.9 Å². The molecule has 0 bridgehead atoms. The lowest BCUT2D eigenvalue weighted by molar-refractivity contribution is 0.0691. The van der Waals surface area contributed by atoms with E-state index in [0.717, 1.165) is 15.6 Å². The second-order valence-electron chi connectivity index (χ2n) is 3.98. The van der Waals surface area contributed by atoms with Gasteiger partial charge in [0.2, 0.25) is 0 Å². The molecule has 19 heavy (non-hydrogen) atoms. The third kappa shape index (κ3) is 3.33. The quantitative estimate of drug-likeness (QED) is 0.870. The van der Waals surface area contributed by atoms with Gasteiger partial charge in [-0.05, 0) is 32.0 Å². The Kier molecular flexibility index (Phi) is 4.21. The van der Waals surface area contributed by atoms with Gasteiger partial charge in [-0.25, -0.2) is 14.2 Å². The van der Waals surface area contributed by atoms with Crippen molar-refractivity contribution in [3.05, 3.63) is 45.2 Å². The molecule has 0 aliphatic rings. The van der Waals surface area contributed by atoms with Crippen LogP contribution in [0.15, 0.2) is 23.1 Å². The average molecular weight is 297 g/mol. The highest BCUT2D eigenvalue weighted by Gasteiger charge is 2.11. The minimum Gasteiger partial charge on any atom is -0.478 e. The summed E-state index contributed by atoms with van der Waals surface area (Å²) in [5.41, 5.74) is 0.724. The largest absolute Gasteiger partial charge is 0.478 e. The van der Waals surface area contributed by atoms with E-state index in [2.05, 4.69) is 4.98 Å². The second-order valence-corrected chi connectivity index (χ2v) is 6.32. The predicted octanol–water partition coefficient (Wildman–Crippen LogP) is 3.89. The number of rotatable bonds is 4. The summed E-state index contributed by atoms with van der Waals surface area (Å²) in [6, 6.07) is 4.12. The maximum Gasteiger partial charge on any atom is 0.338 e. The number of hydrogen-bond acceptors (Lipinski definition) is 4. The van der Waals surface area contributed by atoms with Gasteiger partial charge in [-0.3, -0.25) is 0 Å². The first-order valence-electron chi connectivity index (χ1n) is 5.56. The number of carbonyl (C=O) groups is 1. The SMILES string of the molecule is Cc1nc(CSc2ccc(F)c(C(=O)O)c2)sc1C. The minimum absolute atomic E-state index is 0.295. The van der Waals surface area contributed by atoms with Crippen molar-refractivity contribution in [2.75, 3.05) is 0 Å². The number of thiazole rings is 1. The van der Waals surface area contributed by atoms with Gasteiger partial charge in [0.05, 0.1) is 17.0 Å². The fraction of sp³-hybridized carbons (Fsp3) is 0.231. The number of hydrogen-bond donors (Lipinski definition) is 1. The maximum atomic E-state index is 13.2. The Morgan fingerprint density at radius 1 is 1.47 bits per heavy atom. The second kappa shape index (κ2) is 5.71. The van der Waals surface area contributed by atoms with E-state index in [0.29, 0.717) is 5.75 Å². The highest BCUT2D eigenvalue weighted by atomic mass is 32.2. The standard InChI is InChI=1S/C13H12FNO2S2/c1-7-8(2)19-12(15-7)6-18-9-3-4-11(14)10(5-9)13(16)17/h3-5H,6H2,1-2H3,(H,16,17). The van der Waals surface area contributed by atoms with Gasteiger partial charge < -0.3 is 5.11 Å². The summed E-state index contributed by atoms with van der Waals surface area (Å²) in [6.07, 6.45) is 0. The van der Waals surface area contributed by atoms with Crippen LogP contribution in [0.3, 0.4) is 0 Å². The summed E-state index contributed by atoms with van der Waals surface area (Å²) >= 11 is 3.08. The van der Waals surface area contributed by atoms with Crippen LogP contribution in [-0.4, -0.2) is 16.1 Å². The van der Waals surface area contributed by atoms with E-state index in [4.69, 9.17) is 5.11 Å². The molecule has 2 aromatic rings. The summed E-state index contributed by atoms with van der Waals surface area (Å²) in [5.74, 6) is -1.30. The molecule has 0 atom stereocenters. The van der Waals surface area contributed by atoms with Crippen LogP contribution in [0.2, 0.25) is 0 Å². The summed E-state index contributed by atoms with van der Waals surface area (Å²) in [6.45, 7) is 3.97. The van der Waals surface area contributed by atoms with Crippen molar-refractivity contribution in [1.82, 2.24) is 4.98 Å². The maximum absolute atomic E-state index is 13.2. The van der Waals surface area contributed by atoms with Crippen LogP contribution in [0, 0.1) is 19.7 Å². The van der Waals surface area contributed by atoms with Gasteiger partial charge in [-0.2, -0.15) is 0 Å². The van der Waals surface area contributed by atoms with Gasteiger partial charge in [0.1, 0.15) is 10.8 Å². The molecule has 0 aliphatic carbocycles. The zero-order valence-electron chi connectivity index (χ0n) is 10.4. The van der Waals surface area contributed by atoms with Crippen molar-refractivity contribution in [3.63, 3.8) is 0 Å². The van der Waals surface area contributed by atoms with E-state index in [1.807, 2.05) is 13.8 Å². The van der Waals surface area contributed by atoms with Gasteiger partial charge in [-0.15, -0.1) is 23.1 Å². The van der Waals surface area contributed by atoms with Crippen molar-refractivity contribution in [2.45, 2.75) is 24.5 Å². The number of halogens is 1. The van der Waals surface area contributed by atoms with Gasteiger partial charge in [0.15, 0.2) is 0 Å². The summed E-state index contributed by atoms with van der Waals surface area (Å²) in [7, 11) is 0. The van der Waals surface area contributed by atoms with Crippen molar-refractivity contribution < 1.29 is 14.3 Å². The Morgan fingerprint density at radius 3 is 2.79 bits per heavy atom. The Balaban J connectivity index is 2.11. The lowest BCUT2D eigenvalue weighted by atomic mass is 10.2. The summed E-state index contributed by atoms with van der Waals surface area (Å²) < 4.78 is 13.2. The van der Waals surface area contributed by atoms with E-state index in [1.54, 1.807) is 17.4 Å². The highest BCUT2D eigenvalue weighted by molar-refractivity contribution is 7.98. The highest BCUT2D eigenvalue weighted by Crippen LogP contribution is 2.27. The molecule has 1 N–H and O–H groups in total. The number of nitrogens with zero attached hydrogens (tertiary/aromatic N) is 1. The van der Waals surface area contributed by atoms with Crippen molar-refractivity contribution in [2.24, 2.45) is 0 Å². The molecule has 2 rings (SSSR count). The molecule has 0 saturated heterocycles. The molecular weight excluding hydrogens is 285 g/mol. The molecule has 1 heterocycles. The third-order valence-electron chi connectivity index (χ3n) is 2.60. The van der Waals surface area contributed by atoms with Crippen molar-refractivity contribution >= 4 is 29.1 Å². The Bertz CT molecular complexity index is 606.